The Balaban J connectivity index is 1.78. The number of halogens is 2. The predicted molar refractivity (Wildman–Crippen MR) is 81.2 cm³/mol. The van der Waals surface area contributed by atoms with Crippen LogP contribution < -0.4 is 10.5 Å². The molecule has 0 amide bonds. The van der Waals surface area contributed by atoms with Crippen molar-refractivity contribution in [3.63, 3.8) is 0 Å². The molecule has 0 saturated heterocycles. The zero-order chi connectivity index (χ0) is 14.2. The summed E-state index contributed by atoms with van der Waals surface area (Å²) in [5.74, 6) is 0.340. The molecular formula is C16H21BrFNO. The van der Waals surface area contributed by atoms with Crippen LogP contribution in [-0.2, 0) is 0 Å². The van der Waals surface area contributed by atoms with Gasteiger partial charge in [-0.05, 0) is 40.9 Å². The number of nitrogens with two attached hydrogens (primary N) is 1. The molecule has 2 N–H and O–H groups in total. The van der Waals surface area contributed by atoms with E-state index in [1.807, 2.05) is 0 Å². The summed E-state index contributed by atoms with van der Waals surface area (Å²) in [5, 5.41) is 0. The van der Waals surface area contributed by atoms with Crippen molar-refractivity contribution in [1.29, 1.82) is 0 Å². The Hall–Kier alpha value is -0.610. The minimum absolute atomic E-state index is 0.113. The summed E-state index contributed by atoms with van der Waals surface area (Å²) in [6.45, 7) is 0. The second-order valence-electron chi connectivity index (χ2n) is 6.17. The Labute approximate surface area is 128 Å². The predicted octanol–water partition coefficient (Wildman–Crippen LogP) is 4.41. The second kappa shape index (κ2) is 5.64. The number of benzene rings is 1. The topological polar surface area (TPSA) is 35.2 Å². The minimum atomic E-state index is -0.262. The van der Waals surface area contributed by atoms with Gasteiger partial charge in [0, 0.05) is 23.9 Å². The van der Waals surface area contributed by atoms with E-state index in [-0.39, 0.29) is 23.4 Å². The molecule has 0 bridgehead atoms. The van der Waals surface area contributed by atoms with Crippen molar-refractivity contribution in [1.82, 2.24) is 0 Å². The van der Waals surface area contributed by atoms with E-state index in [2.05, 4.69) is 15.9 Å². The molecule has 0 aromatic heterocycles. The molecule has 2 nitrogen and oxygen atoms in total. The first-order chi connectivity index (χ1) is 9.62. The van der Waals surface area contributed by atoms with Crippen LogP contribution in [0.25, 0.3) is 0 Å². The van der Waals surface area contributed by atoms with Crippen LogP contribution in [0.3, 0.4) is 0 Å². The highest BCUT2D eigenvalue weighted by atomic mass is 79.9. The van der Waals surface area contributed by atoms with E-state index >= 15 is 0 Å². The van der Waals surface area contributed by atoms with E-state index in [1.54, 1.807) is 6.07 Å². The first-order valence-electron chi connectivity index (χ1n) is 7.49. The van der Waals surface area contributed by atoms with Crippen LogP contribution in [-0.4, -0.2) is 12.1 Å². The average molecular weight is 342 g/mol. The molecule has 1 spiro atoms. The van der Waals surface area contributed by atoms with Gasteiger partial charge in [0.2, 0.25) is 0 Å². The van der Waals surface area contributed by atoms with E-state index in [9.17, 15) is 4.39 Å². The molecule has 1 aromatic carbocycles. The van der Waals surface area contributed by atoms with E-state index in [4.69, 9.17) is 10.5 Å². The molecule has 110 valence electrons. The molecule has 2 unspecified atom stereocenters. The van der Waals surface area contributed by atoms with Gasteiger partial charge in [0.25, 0.3) is 0 Å². The maximum Gasteiger partial charge on any atom is 0.136 e. The molecule has 2 aliphatic rings. The molecule has 2 aliphatic carbocycles. The third-order valence-electron chi connectivity index (χ3n) is 5.04. The van der Waals surface area contributed by atoms with Crippen LogP contribution in [0, 0.1) is 11.2 Å². The lowest BCUT2D eigenvalue weighted by Crippen LogP contribution is -2.63. The van der Waals surface area contributed by atoms with Crippen molar-refractivity contribution in [3.8, 4) is 5.75 Å². The van der Waals surface area contributed by atoms with Gasteiger partial charge in [-0.15, -0.1) is 0 Å². The Morgan fingerprint density at radius 3 is 2.55 bits per heavy atom. The Morgan fingerprint density at radius 1 is 1.20 bits per heavy atom. The van der Waals surface area contributed by atoms with Gasteiger partial charge < -0.3 is 10.5 Å². The molecule has 2 fully saturated rings. The number of rotatable bonds is 2. The zero-order valence-electron chi connectivity index (χ0n) is 11.6. The number of ether oxygens (including phenoxy) is 1. The maximum absolute atomic E-state index is 13.4. The summed E-state index contributed by atoms with van der Waals surface area (Å²) >= 11 is 3.43. The quantitative estimate of drug-likeness (QED) is 0.864. The smallest absolute Gasteiger partial charge is 0.136 e. The highest BCUT2D eigenvalue weighted by molar-refractivity contribution is 9.10. The van der Waals surface area contributed by atoms with Crippen molar-refractivity contribution in [2.75, 3.05) is 0 Å². The van der Waals surface area contributed by atoms with Crippen LogP contribution in [0.2, 0.25) is 0 Å². The molecule has 4 heteroatoms. The van der Waals surface area contributed by atoms with Crippen molar-refractivity contribution in [2.24, 2.45) is 11.1 Å². The summed E-state index contributed by atoms with van der Waals surface area (Å²) in [4.78, 5) is 0. The molecule has 1 aromatic rings. The number of hydrogen-bond donors (Lipinski definition) is 1. The fourth-order valence-corrected chi connectivity index (χ4v) is 4.08. The lowest BCUT2D eigenvalue weighted by molar-refractivity contribution is -0.0774. The highest BCUT2D eigenvalue weighted by Gasteiger charge is 2.54. The average Bonchev–Trinajstić information content (AvgIpc) is 2.70. The summed E-state index contributed by atoms with van der Waals surface area (Å²) < 4.78 is 20.3. The highest BCUT2D eigenvalue weighted by Crippen LogP contribution is 2.52. The fraction of sp³-hybridized carbons (Fsp3) is 0.625. The van der Waals surface area contributed by atoms with Gasteiger partial charge in [-0.2, -0.15) is 0 Å². The van der Waals surface area contributed by atoms with Gasteiger partial charge >= 0.3 is 0 Å². The summed E-state index contributed by atoms with van der Waals surface area (Å²) in [6.07, 6.45) is 8.36. The molecule has 0 aliphatic heterocycles. The van der Waals surface area contributed by atoms with Crippen LogP contribution in [0.5, 0.6) is 5.75 Å². The van der Waals surface area contributed by atoms with E-state index in [0.717, 1.165) is 23.7 Å². The normalized spacial score (nSPS) is 28.8. The summed E-state index contributed by atoms with van der Waals surface area (Å²) in [5.41, 5.74) is 6.42. The van der Waals surface area contributed by atoms with Crippen molar-refractivity contribution in [2.45, 2.75) is 57.1 Å². The fourth-order valence-electron chi connectivity index (χ4n) is 3.74. The van der Waals surface area contributed by atoms with Gasteiger partial charge in [0.05, 0.1) is 4.47 Å². The lowest BCUT2D eigenvalue weighted by Gasteiger charge is -2.54. The minimum Gasteiger partial charge on any atom is -0.488 e. The van der Waals surface area contributed by atoms with Gasteiger partial charge in [0.15, 0.2) is 0 Å². The molecule has 0 radical (unpaired) electrons. The molecule has 2 atom stereocenters. The van der Waals surface area contributed by atoms with Gasteiger partial charge in [0.1, 0.15) is 17.7 Å². The Bertz CT molecular complexity index is 485. The van der Waals surface area contributed by atoms with E-state index in [0.29, 0.717) is 5.75 Å². The molecule has 2 saturated carbocycles. The summed E-state index contributed by atoms with van der Waals surface area (Å²) in [6, 6.07) is 4.82. The van der Waals surface area contributed by atoms with Crippen molar-refractivity contribution in [3.05, 3.63) is 28.5 Å². The van der Waals surface area contributed by atoms with E-state index in [1.165, 1.54) is 37.8 Å². The first kappa shape index (κ1) is 14.3. The maximum atomic E-state index is 13.4. The molecule has 0 heterocycles. The zero-order valence-corrected chi connectivity index (χ0v) is 13.2. The summed E-state index contributed by atoms with van der Waals surface area (Å²) in [7, 11) is 0. The van der Waals surface area contributed by atoms with Crippen molar-refractivity contribution < 1.29 is 9.13 Å². The molecule has 20 heavy (non-hydrogen) atoms. The van der Waals surface area contributed by atoms with Crippen LogP contribution in [0.1, 0.15) is 44.9 Å². The monoisotopic (exact) mass is 341 g/mol. The van der Waals surface area contributed by atoms with Gasteiger partial charge in [-0.3, -0.25) is 0 Å². The lowest BCUT2D eigenvalue weighted by atomic mass is 9.58. The molecular weight excluding hydrogens is 321 g/mol. The van der Waals surface area contributed by atoms with E-state index < -0.39 is 0 Å². The molecule has 3 rings (SSSR count). The largest absolute Gasteiger partial charge is 0.488 e. The standard InChI is InChI=1S/C16H21BrFNO/c17-12-6-5-11(18)9-13(12)20-15-10-14(19)16(15)7-3-1-2-4-8-16/h5-6,9,14-15H,1-4,7-8,10,19H2. The van der Waals surface area contributed by atoms with Gasteiger partial charge in [-0.25, -0.2) is 4.39 Å². The SMILES string of the molecule is NC1CC(Oc2cc(F)ccc2Br)C12CCCCCC2. The Kier molecular flexibility index (Phi) is 4.04. The third-order valence-corrected chi connectivity index (χ3v) is 5.70. The van der Waals surface area contributed by atoms with Crippen molar-refractivity contribution >= 4 is 15.9 Å². The van der Waals surface area contributed by atoms with Crippen LogP contribution in [0.4, 0.5) is 4.39 Å². The Morgan fingerprint density at radius 2 is 1.90 bits per heavy atom. The first-order valence-corrected chi connectivity index (χ1v) is 8.28. The number of hydrogen-bond acceptors (Lipinski definition) is 2. The third kappa shape index (κ3) is 2.48. The second-order valence-corrected chi connectivity index (χ2v) is 7.03. The van der Waals surface area contributed by atoms with Crippen LogP contribution >= 0.6 is 15.9 Å². The van der Waals surface area contributed by atoms with Crippen LogP contribution in [0.15, 0.2) is 22.7 Å². The van der Waals surface area contributed by atoms with Gasteiger partial charge in [-0.1, -0.05) is 25.7 Å².